The second-order valence-electron chi connectivity index (χ2n) is 5.68. The van der Waals surface area contributed by atoms with Gasteiger partial charge in [-0.1, -0.05) is 38.1 Å². The molecule has 2 nitrogen and oxygen atoms in total. The number of aromatic nitrogens is 1. The van der Waals surface area contributed by atoms with Crippen molar-refractivity contribution in [2.45, 2.75) is 26.3 Å². The van der Waals surface area contributed by atoms with E-state index >= 15 is 0 Å². The third kappa shape index (κ3) is 1.88. The van der Waals surface area contributed by atoms with Crippen LogP contribution in [0.1, 0.15) is 31.0 Å². The molecule has 1 aromatic heterocycles. The van der Waals surface area contributed by atoms with E-state index in [1.807, 2.05) is 12.3 Å². The van der Waals surface area contributed by atoms with Crippen molar-refractivity contribution >= 4 is 5.69 Å². The zero-order valence-corrected chi connectivity index (χ0v) is 10.9. The summed E-state index contributed by atoms with van der Waals surface area (Å²) in [4.78, 5) is 4.17. The lowest BCUT2D eigenvalue weighted by molar-refractivity contribution is 0.337. The van der Waals surface area contributed by atoms with E-state index in [1.54, 1.807) is 6.20 Å². The molecule has 1 aliphatic carbocycles. The molecule has 0 radical (unpaired) electrons. The lowest BCUT2D eigenvalue weighted by atomic mass is 9.85. The van der Waals surface area contributed by atoms with Crippen LogP contribution in [-0.2, 0) is 6.42 Å². The van der Waals surface area contributed by atoms with Gasteiger partial charge >= 0.3 is 0 Å². The van der Waals surface area contributed by atoms with Crippen molar-refractivity contribution in [3.63, 3.8) is 0 Å². The third-order valence-corrected chi connectivity index (χ3v) is 3.77. The maximum atomic E-state index is 4.17. The van der Waals surface area contributed by atoms with Crippen LogP contribution >= 0.6 is 0 Å². The van der Waals surface area contributed by atoms with Crippen LogP contribution in [0.3, 0.4) is 0 Å². The maximum Gasteiger partial charge on any atom is 0.0571 e. The first-order valence-corrected chi connectivity index (χ1v) is 6.41. The van der Waals surface area contributed by atoms with Crippen LogP contribution in [0.2, 0.25) is 0 Å². The quantitative estimate of drug-likeness (QED) is 0.860. The smallest absolute Gasteiger partial charge is 0.0571 e. The molecule has 0 saturated heterocycles. The standard InChI is InChI=1S/C16H18N2/c1-16(2)10-12-6-3-4-8-14(12)15(16)18-13-7-5-9-17-11-13/h3-9,11,15,18H,10H2,1-2H3. The maximum absolute atomic E-state index is 4.17. The Morgan fingerprint density at radius 1 is 1.17 bits per heavy atom. The monoisotopic (exact) mass is 238 g/mol. The normalized spacial score (nSPS) is 20.4. The molecule has 1 unspecified atom stereocenters. The Morgan fingerprint density at radius 2 is 2.00 bits per heavy atom. The zero-order chi connectivity index (χ0) is 12.6. The van der Waals surface area contributed by atoms with Gasteiger partial charge in [0.1, 0.15) is 0 Å². The number of nitrogens with one attached hydrogen (secondary N) is 1. The molecule has 1 aliphatic rings. The van der Waals surface area contributed by atoms with Gasteiger partial charge < -0.3 is 5.32 Å². The Hall–Kier alpha value is -1.83. The number of anilines is 1. The molecule has 0 aliphatic heterocycles. The lowest BCUT2D eigenvalue weighted by Gasteiger charge is -2.29. The highest BCUT2D eigenvalue weighted by Crippen LogP contribution is 2.46. The topological polar surface area (TPSA) is 24.9 Å². The van der Waals surface area contributed by atoms with Gasteiger partial charge in [-0.25, -0.2) is 0 Å². The Balaban J connectivity index is 1.95. The molecule has 2 aromatic rings. The molecule has 0 spiro atoms. The van der Waals surface area contributed by atoms with Crippen molar-refractivity contribution in [1.29, 1.82) is 0 Å². The van der Waals surface area contributed by atoms with Gasteiger partial charge in [0.15, 0.2) is 0 Å². The summed E-state index contributed by atoms with van der Waals surface area (Å²) in [5.74, 6) is 0. The van der Waals surface area contributed by atoms with Crippen LogP contribution in [-0.4, -0.2) is 4.98 Å². The van der Waals surface area contributed by atoms with Crippen molar-refractivity contribution in [1.82, 2.24) is 4.98 Å². The largest absolute Gasteiger partial charge is 0.376 e. The van der Waals surface area contributed by atoms with Crippen molar-refractivity contribution in [2.75, 3.05) is 5.32 Å². The number of hydrogen-bond donors (Lipinski definition) is 1. The second-order valence-corrected chi connectivity index (χ2v) is 5.68. The average Bonchev–Trinajstić information content (AvgIpc) is 2.62. The first-order chi connectivity index (χ1) is 8.67. The van der Waals surface area contributed by atoms with Crippen LogP contribution < -0.4 is 5.32 Å². The summed E-state index contributed by atoms with van der Waals surface area (Å²) >= 11 is 0. The molecule has 0 fully saturated rings. The fraction of sp³-hybridized carbons (Fsp3) is 0.312. The molecule has 3 rings (SSSR count). The van der Waals surface area contributed by atoms with Crippen molar-refractivity contribution in [2.24, 2.45) is 5.41 Å². The zero-order valence-electron chi connectivity index (χ0n) is 10.9. The number of rotatable bonds is 2. The van der Waals surface area contributed by atoms with Gasteiger partial charge in [0, 0.05) is 12.4 Å². The fourth-order valence-corrected chi connectivity index (χ4v) is 2.88. The number of benzene rings is 1. The molecule has 1 N–H and O–H groups in total. The first kappa shape index (κ1) is 11.3. The van der Waals surface area contributed by atoms with Crippen LogP contribution in [0.25, 0.3) is 0 Å². The summed E-state index contributed by atoms with van der Waals surface area (Å²) in [6.07, 6.45) is 4.82. The van der Waals surface area contributed by atoms with Gasteiger partial charge in [-0.15, -0.1) is 0 Å². The van der Waals surface area contributed by atoms with Crippen LogP contribution in [0.15, 0.2) is 48.8 Å². The highest BCUT2D eigenvalue weighted by atomic mass is 15.0. The van der Waals surface area contributed by atoms with E-state index in [-0.39, 0.29) is 5.41 Å². The van der Waals surface area contributed by atoms with Gasteiger partial charge in [0.05, 0.1) is 11.7 Å². The molecule has 0 bridgehead atoms. The van der Waals surface area contributed by atoms with Gasteiger partial charge in [0.2, 0.25) is 0 Å². The van der Waals surface area contributed by atoms with E-state index in [4.69, 9.17) is 0 Å². The predicted octanol–water partition coefficient (Wildman–Crippen LogP) is 3.82. The highest BCUT2D eigenvalue weighted by Gasteiger charge is 2.38. The van der Waals surface area contributed by atoms with E-state index in [1.165, 1.54) is 11.1 Å². The van der Waals surface area contributed by atoms with Gasteiger partial charge in [-0.2, -0.15) is 0 Å². The van der Waals surface area contributed by atoms with E-state index in [0.717, 1.165) is 12.1 Å². The molecular weight excluding hydrogens is 220 g/mol. The van der Waals surface area contributed by atoms with E-state index in [9.17, 15) is 0 Å². The van der Waals surface area contributed by atoms with Gasteiger partial charge in [-0.3, -0.25) is 4.98 Å². The number of hydrogen-bond acceptors (Lipinski definition) is 2. The van der Waals surface area contributed by atoms with E-state index in [0.29, 0.717) is 6.04 Å². The Labute approximate surface area is 108 Å². The Bertz CT molecular complexity index is 546. The molecule has 0 saturated carbocycles. The third-order valence-electron chi connectivity index (χ3n) is 3.77. The lowest BCUT2D eigenvalue weighted by Crippen LogP contribution is -2.24. The minimum absolute atomic E-state index is 0.236. The highest BCUT2D eigenvalue weighted by molar-refractivity contribution is 5.48. The summed E-state index contributed by atoms with van der Waals surface area (Å²) in [5, 5.41) is 3.62. The molecule has 1 heterocycles. The molecule has 1 atom stereocenters. The molecule has 0 amide bonds. The number of pyridine rings is 1. The van der Waals surface area contributed by atoms with Crippen molar-refractivity contribution in [3.05, 3.63) is 59.9 Å². The summed E-state index contributed by atoms with van der Waals surface area (Å²) in [5.41, 5.74) is 4.21. The molecular formula is C16H18N2. The van der Waals surface area contributed by atoms with Crippen LogP contribution in [0.5, 0.6) is 0 Å². The van der Waals surface area contributed by atoms with E-state index < -0.39 is 0 Å². The average molecular weight is 238 g/mol. The molecule has 1 aromatic carbocycles. The second kappa shape index (κ2) is 4.13. The Morgan fingerprint density at radius 3 is 2.78 bits per heavy atom. The molecule has 92 valence electrons. The molecule has 2 heteroatoms. The molecule has 18 heavy (non-hydrogen) atoms. The number of fused-ring (bicyclic) bond motifs is 1. The summed E-state index contributed by atoms with van der Waals surface area (Å²) < 4.78 is 0. The summed E-state index contributed by atoms with van der Waals surface area (Å²) in [6.45, 7) is 4.64. The van der Waals surface area contributed by atoms with Crippen molar-refractivity contribution < 1.29 is 0 Å². The number of nitrogens with zero attached hydrogens (tertiary/aromatic N) is 1. The van der Waals surface area contributed by atoms with Gasteiger partial charge in [0.25, 0.3) is 0 Å². The summed E-state index contributed by atoms with van der Waals surface area (Å²) in [6, 6.07) is 13.1. The minimum atomic E-state index is 0.236. The van der Waals surface area contributed by atoms with Crippen LogP contribution in [0.4, 0.5) is 5.69 Å². The van der Waals surface area contributed by atoms with Crippen LogP contribution in [0, 0.1) is 5.41 Å². The minimum Gasteiger partial charge on any atom is -0.376 e. The summed E-state index contributed by atoms with van der Waals surface area (Å²) in [7, 11) is 0. The first-order valence-electron chi connectivity index (χ1n) is 6.41. The fourth-order valence-electron chi connectivity index (χ4n) is 2.88. The Kier molecular flexibility index (Phi) is 2.58. The SMILES string of the molecule is CC1(C)Cc2ccccc2C1Nc1cccnc1. The van der Waals surface area contributed by atoms with E-state index in [2.05, 4.69) is 54.5 Å². The van der Waals surface area contributed by atoms with Gasteiger partial charge in [-0.05, 0) is 35.1 Å². The van der Waals surface area contributed by atoms with Crippen molar-refractivity contribution in [3.8, 4) is 0 Å². The predicted molar refractivity (Wildman–Crippen MR) is 74.5 cm³/mol.